The van der Waals surface area contributed by atoms with E-state index in [0.717, 1.165) is 24.7 Å². The molecule has 204 valence electrons. The molecule has 7 nitrogen and oxygen atoms in total. The second-order valence-electron chi connectivity index (χ2n) is 8.75. The lowest BCUT2D eigenvalue weighted by molar-refractivity contribution is -0.121. The Balaban J connectivity index is 1.40. The van der Waals surface area contributed by atoms with Gasteiger partial charge in [0.2, 0.25) is 5.91 Å². The van der Waals surface area contributed by atoms with Gasteiger partial charge in [-0.25, -0.2) is 5.43 Å². The van der Waals surface area contributed by atoms with Gasteiger partial charge in [0.1, 0.15) is 6.61 Å². The quantitative estimate of drug-likeness (QED) is 0.104. The average Bonchev–Trinajstić information content (AvgIpc) is 2.97. The molecule has 4 aromatic carbocycles. The van der Waals surface area contributed by atoms with Crippen LogP contribution in [-0.4, -0.2) is 25.1 Å². The number of amides is 2. The van der Waals surface area contributed by atoms with E-state index in [0.29, 0.717) is 23.7 Å². The highest BCUT2D eigenvalue weighted by Crippen LogP contribution is 2.34. The summed E-state index contributed by atoms with van der Waals surface area (Å²) in [5.74, 6) is 0.598. The zero-order valence-electron chi connectivity index (χ0n) is 21.6. The van der Waals surface area contributed by atoms with Crippen LogP contribution in [0.2, 0.25) is 0 Å². The summed E-state index contributed by atoms with van der Waals surface area (Å²) in [4.78, 5) is 25.6. The van der Waals surface area contributed by atoms with Crippen LogP contribution in [0.4, 0.5) is 0 Å². The van der Waals surface area contributed by atoms with Gasteiger partial charge in [0, 0.05) is 10.0 Å². The van der Waals surface area contributed by atoms with E-state index in [1.54, 1.807) is 43.7 Å². The van der Waals surface area contributed by atoms with E-state index in [2.05, 4.69) is 54.4 Å². The number of hydrogen-bond acceptors (Lipinski definition) is 5. The van der Waals surface area contributed by atoms with Crippen molar-refractivity contribution in [3.05, 3.63) is 127 Å². The van der Waals surface area contributed by atoms with Gasteiger partial charge in [0.15, 0.2) is 11.5 Å². The molecule has 2 amide bonds. The van der Waals surface area contributed by atoms with Crippen molar-refractivity contribution >= 4 is 56.5 Å². The third-order valence-electron chi connectivity index (χ3n) is 5.88. The molecule has 0 heterocycles. The maximum Gasteiger partial charge on any atom is 0.251 e. The number of rotatable bonds is 11. The summed E-state index contributed by atoms with van der Waals surface area (Å²) in [6, 6.07) is 29.4. The third kappa shape index (κ3) is 8.40. The third-order valence-corrected chi connectivity index (χ3v) is 7.21. The number of methoxy groups -OCH3 is 1. The van der Waals surface area contributed by atoms with Gasteiger partial charge in [0.25, 0.3) is 5.91 Å². The molecule has 0 aliphatic rings. The molecule has 2 N–H and O–H groups in total. The van der Waals surface area contributed by atoms with Crippen LogP contribution in [0.5, 0.6) is 11.5 Å². The normalized spacial score (nSPS) is 11.6. The number of carbonyl (C=O) groups excluding carboxylic acids is 2. The van der Waals surface area contributed by atoms with Crippen molar-refractivity contribution < 1.29 is 19.1 Å². The number of ether oxygens (including phenoxy) is 2. The molecule has 40 heavy (non-hydrogen) atoms. The molecular formula is C31H27BrIN3O4. The topological polar surface area (TPSA) is 89.0 Å². The Morgan fingerprint density at radius 1 is 0.975 bits per heavy atom. The highest BCUT2D eigenvalue weighted by molar-refractivity contribution is 14.1. The average molecular weight is 712 g/mol. The molecule has 0 aliphatic heterocycles. The Morgan fingerprint density at radius 2 is 1.65 bits per heavy atom. The van der Waals surface area contributed by atoms with Gasteiger partial charge in [-0.15, -0.1) is 0 Å². The summed E-state index contributed by atoms with van der Waals surface area (Å²) >= 11 is 5.62. The van der Waals surface area contributed by atoms with Crippen LogP contribution < -0.4 is 20.2 Å². The smallest absolute Gasteiger partial charge is 0.251 e. The van der Waals surface area contributed by atoms with Gasteiger partial charge in [0.05, 0.1) is 29.4 Å². The Labute approximate surface area is 255 Å². The maximum absolute atomic E-state index is 12.8. The summed E-state index contributed by atoms with van der Waals surface area (Å²) in [5, 5.41) is 7.09. The molecule has 0 spiro atoms. The van der Waals surface area contributed by atoms with E-state index >= 15 is 0 Å². The number of hydrogen-bond donors (Lipinski definition) is 2. The van der Waals surface area contributed by atoms with Crippen LogP contribution in [0.25, 0.3) is 0 Å². The summed E-state index contributed by atoms with van der Waals surface area (Å²) in [7, 11) is 1.58. The number of hydrazone groups is 1. The van der Waals surface area contributed by atoms with Crippen molar-refractivity contribution in [3.8, 4) is 11.5 Å². The molecule has 4 aromatic rings. The fraction of sp³-hybridized carbons (Fsp3) is 0.129. The number of halogens is 2. The van der Waals surface area contributed by atoms with Gasteiger partial charge in [-0.3, -0.25) is 9.59 Å². The summed E-state index contributed by atoms with van der Waals surface area (Å²) < 4.78 is 13.4. The van der Waals surface area contributed by atoms with E-state index in [1.807, 2.05) is 66.7 Å². The van der Waals surface area contributed by atoms with Crippen LogP contribution in [-0.2, 0) is 11.4 Å². The van der Waals surface area contributed by atoms with Gasteiger partial charge >= 0.3 is 0 Å². The van der Waals surface area contributed by atoms with Crippen molar-refractivity contribution in [2.24, 2.45) is 5.10 Å². The summed E-state index contributed by atoms with van der Waals surface area (Å²) in [6.45, 7) is 0.395. The molecular weight excluding hydrogens is 685 g/mol. The maximum atomic E-state index is 12.8. The standard InChI is InChI=1S/C31H27BrIN3O4/c1-39-28-17-22(16-26(33)30(28)40-20-21-12-14-25(32)15-13-21)19-34-36-29(37)18-27(23-8-4-2-5-9-23)35-31(38)24-10-6-3-7-11-24/h2-17,19,27H,18,20H2,1H3,(H,35,38)(H,36,37)/b34-19-/t27-/m1/s1. The summed E-state index contributed by atoms with van der Waals surface area (Å²) in [6.07, 6.45) is 1.56. The molecule has 0 bridgehead atoms. The predicted octanol–water partition coefficient (Wildman–Crippen LogP) is 6.65. The fourth-order valence-electron chi connectivity index (χ4n) is 3.87. The molecule has 9 heteroatoms. The minimum Gasteiger partial charge on any atom is -0.493 e. The van der Waals surface area contributed by atoms with Crippen LogP contribution >= 0.6 is 38.5 Å². The minimum atomic E-state index is -0.521. The molecule has 0 aliphatic carbocycles. The van der Waals surface area contributed by atoms with Gasteiger partial charge in [-0.05, 0) is 75.7 Å². The van der Waals surface area contributed by atoms with Crippen LogP contribution in [0.3, 0.4) is 0 Å². The summed E-state index contributed by atoms with van der Waals surface area (Å²) in [5.41, 5.74) is 5.68. The Bertz CT molecular complexity index is 1470. The first kappa shape index (κ1) is 29.3. The molecule has 0 unspecified atom stereocenters. The molecule has 1 atom stereocenters. The number of nitrogens with zero attached hydrogens (tertiary/aromatic N) is 1. The van der Waals surface area contributed by atoms with Crippen molar-refractivity contribution in [1.82, 2.24) is 10.7 Å². The zero-order chi connectivity index (χ0) is 28.3. The molecule has 0 saturated carbocycles. The van der Waals surface area contributed by atoms with E-state index in [-0.39, 0.29) is 18.2 Å². The monoisotopic (exact) mass is 711 g/mol. The number of carbonyl (C=O) groups is 2. The van der Waals surface area contributed by atoms with Crippen molar-refractivity contribution in [2.45, 2.75) is 19.1 Å². The largest absolute Gasteiger partial charge is 0.493 e. The van der Waals surface area contributed by atoms with Crippen molar-refractivity contribution in [1.29, 1.82) is 0 Å². The Hall–Kier alpha value is -3.70. The van der Waals surface area contributed by atoms with E-state index in [4.69, 9.17) is 9.47 Å². The molecule has 4 rings (SSSR count). The first-order chi connectivity index (χ1) is 19.4. The molecule has 0 radical (unpaired) electrons. The van der Waals surface area contributed by atoms with E-state index < -0.39 is 6.04 Å². The Morgan fingerprint density at radius 3 is 2.33 bits per heavy atom. The van der Waals surface area contributed by atoms with Crippen LogP contribution in [0, 0.1) is 3.57 Å². The van der Waals surface area contributed by atoms with Gasteiger partial charge in [-0.1, -0.05) is 76.6 Å². The molecule has 0 saturated heterocycles. The SMILES string of the molecule is COc1cc(/C=N\NC(=O)C[C@@H](NC(=O)c2ccccc2)c2ccccc2)cc(I)c1OCc1ccc(Br)cc1. The van der Waals surface area contributed by atoms with Crippen LogP contribution in [0.1, 0.15) is 39.5 Å². The van der Waals surface area contributed by atoms with Gasteiger partial charge in [-0.2, -0.15) is 5.10 Å². The highest BCUT2D eigenvalue weighted by atomic mass is 127. The van der Waals surface area contributed by atoms with Crippen molar-refractivity contribution in [3.63, 3.8) is 0 Å². The fourth-order valence-corrected chi connectivity index (χ4v) is 4.91. The predicted molar refractivity (Wildman–Crippen MR) is 168 cm³/mol. The first-order valence-electron chi connectivity index (χ1n) is 12.4. The second kappa shape index (κ2) is 14.6. The van der Waals surface area contributed by atoms with Gasteiger partial charge < -0.3 is 14.8 Å². The highest BCUT2D eigenvalue weighted by Gasteiger charge is 2.19. The van der Waals surface area contributed by atoms with E-state index in [9.17, 15) is 9.59 Å². The van der Waals surface area contributed by atoms with Crippen molar-refractivity contribution in [2.75, 3.05) is 7.11 Å². The zero-order valence-corrected chi connectivity index (χ0v) is 25.4. The lowest BCUT2D eigenvalue weighted by atomic mass is 10.0. The Kier molecular flexibility index (Phi) is 10.7. The first-order valence-corrected chi connectivity index (χ1v) is 14.3. The number of benzene rings is 4. The minimum absolute atomic E-state index is 0.0175. The van der Waals surface area contributed by atoms with E-state index in [1.165, 1.54) is 0 Å². The second-order valence-corrected chi connectivity index (χ2v) is 10.8. The lowest BCUT2D eigenvalue weighted by Gasteiger charge is -2.18. The molecule has 0 aromatic heterocycles. The lowest BCUT2D eigenvalue weighted by Crippen LogP contribution is -2.32. The molecule has 0 fully saturated rings. The number of nitrogens with one attached hydrogen (secondary N) is 2. The van der Waals surface area contributed by atoms with Crippen LogP contribution in [0.15, 0.2) is 107 Å².